The third-order valence-corrected chi connectivity index (χ3v) is 11.0. The van der Waals surface area contributed by atoms with Crippen LogP contribution in [0.5, 0.6) is 0 Å². The van der Waals surface area contributed by atoms with Gasteiger partial charge in [-0.1, -0.05) is 226 Å². The Kier molecular flexibility index (Phi) is 51.0. The molecule has 6 heteroatoms. The van der Waals surface area contributed by atoms with Crippen LogP contribution >= 0.6 is 0 Å². The summed E-state index contributed by atoms with van der Waals surface area (Å²) in [5, 5.41) is 0. The molecule has 0 aliphatic carbocycles. The van der Waals surface area contributed by atoms with Crippen molar-refractivity contribution in [2.75, 3.05) is 13.2 Å². The van der Waals surface area contributed by atoms with E-state index < -0.39 is 6.10 Å². The van der Waals surface area contributed by atoms with E-state index >= 15 is 0 Å². The van der Waals surface area contributed by atoms with Crippen molar-refractivity contribution in [3.05, 3.63) is 122 Å². The summed E-state index contributed by atoms with van der Waals surface area (Å²) < 4.78 is 16.7. The molecule has 0 aliphatic heterocycles. The first-order valence-electron chi connectivity index (χ1n) is 27.0. The second-order valence-electron chi connectivity index (χ2n) is 17.4. The number of rotatable bonds is 47. The van der Waals surface area contributed by atoms with Gasteiger partial charge in [0.1, 0.15) is 13.2 Å². The Balaban J connectivity index is 4.56. The molecule has 0 aromatic rings. The Morgan fingerprint density at radius 1 is 0.313 bits per heavy atom. The van der Waals surface area contributed by atoms with Crippen LogP contribution in [0, 0.1) is 0 Å². The van der Waals surface area contributed by atoms with Crippen molar-refractivity contribution in [1.82, 2.24) is 0 Å². The molecular weight excluding hydrogens is 829 g/mol. The lowest BCUT2D eigenvalue weighted by Gasteiger charge is -2.18. The average Bonchev–Trinajstić information content (AvgIpc) is 3.33. The number of ether oxygens (including phenoxy) is 3. The van der Waals surface area contributed by atoms with E-state index in [0.29, 0.717) is 19.3 Å². The lowest BCUT2D eigenvalue weighted by atomic mass is 10.1. The van der Waals surface area contributed by atoms with Gasteiger partial charge in [0.25, 0.3) is 0 Å². The van der Waals surface area contributed by atoms with E-state index in [0.717, 1.165) is 96.3 Å². The molecule has 1 atom stereocenters. The maximum Gasteiger partial charge on any atom is 0.306 e. The molecule has 0 N–H and O–H groups in total. The summed E-state index contributed by atoms with van der Waals surface area (Å²) in [5.74, 6) is -1.04. The fourth-order valence-electron chi connectivity index (χ4n) is 6.92. The molecule has 0 unspecified atom stereocenters. The molecule has 67 heavy (non-hydrogen) atoms. The van der Waals surface area contributed by atoms with Crippen LogP contribution in [0.1, 0.15) is 226 Å². The van der Waals surface area contributed by atoms with Crippen LogP contribution in [0.15, 0.2) is 122 Å². The predicted molar refractivity (Wildman–Crippen MR) is 288 cm³/mol. The zero-order valence-corrected chi connectivity index (χ0v) is 43.1. The first-order chi connectivity index (χ1) is 33.0. The minimum absolute atomic E-state index is 0.116. The Labute approximate surface area is 412 Å². The number of unbranched alkanes of at least 4 members (excludes halogenated alkanes) is 16. The molecule has 0 rings (SSSR count). The average molecular weight is 927 g/mol. The number of esters is 3. The van der Waals surface area contributed by atoms with Gasteiger partial charge in [0.15, 0.2) is 6.10 Å². The lowest BCUT2D eigenvalue weighted by Crippen LogP contribution is -2.30. The molecule has 0 aromatic carbocycles. The number of hydrogen-bond donors (Lipinski definition) is 0. The standard InChI is InChI=1S/C61H98O6/c1-4-7-10-13-16-19-22-24-26-28-30-32-34-36-39-42-45-48-51-54-60(63)66-57-58(56-65-59(62)53-50-47-44-41-38-21-18-15-12-9-6-3)67-61(64)55-52-49-46-43-40-37-35-33-31-29-27-25-23-20-17-14-11-8-5-2/h7,10,16-17,19-20,24-27,30-33,36-37,39-40,45,48,58H,4-6,8-9,11-15,18,21-23,28-29,34-35,38,41-44,46-47,49-57H2,1-3H3/b10-7-,19-16-,20-17-,26-24-,27-25-,32-30-,33-31-,39-36-,40-37-,48-45-/t58-/m1/s1. The van der Waals surface area contributed by atoms with Crippen molar-refractivity contribution < 1.29 is 28.6 Å². The Hall–Kier alpha value is -4.19. The van der Waals surface area contributed by atoms with Gasteiger partial charge in [0.05, 0.1) is 0 Å². The largest absolute Gasteiger partial charge is 0.462 e. The Morgan fingerprint density at radius 3 is 1.03 bits per heavy atom. The van der Waals surface area contributed by atoms with E-state index in [1.807, 2.05) is 12.2 Å². The fourth-order valence-corrected chi connectivity index (χ4v) is 6.92. The number of allylic oxidation sites excluding steroid dienone is 20. The molecule has 0 aromatic heterocycles. The van der Waals surface area contributed by atoms with Crippen molar-refractivity contribution in [1.29, 1.82) is 0 Å². The third kappa shape index (κ3) is 52.6. The lowest BCUT2D eigenvalue weighted by molar-refractivity contribution is -0.166. The van der Waals surface area contributed by atoms with Gasteiger partial charge in [0.2, 0.25) is 0 Å². The van der Waals surface area contributed by atoms with E-state index in [2.05, 4.69) is 130 Å². The van der Waals surface area contributed by atoms with Gasteiger partial charge in [-0.25, -0.2) is 0 Å². The van der Waals surface area contributed by atoms with E-state index in [-0.39, 0.29) is 44.0 Å². The van der Waals surface area contributed by atoms with Crippen LogP contribution in [0.3, 0.4) is 0 Å². The Bertz CT molecular complexity index is 1440. The van der Waals surface area contributed by atoms with Gasteiger partial charge in [-0.3, -0.25) is 14.4 Å². The highest BCUT2D eigenvalue weighted by molar-refractivity contribution is 5.71. The smallest absolute Gasteiger partial charge is 0.306 e. The monoisotopic (exact) mass is 927 g/mol. The van der Waals surface area contributed by atoms with Crippen LogP contribution in [-0.2, 0) is 28.6 Å². The third-order valence-electron chi connectivity index (χ3n) is 11.0. The van der Waals surface area contributed by atoms with Gasteiger partial charge in [-0.2, -0.15) is 0 Å². The van der Waals surface area contributed by atoms with E-state index in [1.54, 1.807) is 0 Å². The zero-order valence-electron chi connectivity index (χ0n) is 43.1. The fraction of sp³-hybridized carbons (Fsp3) is 0.623. The topological polar surface area (TPSA) is 78.9 Å². The SMILES string of the molecule is CC/C=C\C/C=C\C/C=C\C/C=C\C/C=C\C/C=C\CCC(=O)OC[C@@H](COC(=O)CCCCCCCCCCCCC)OC(=O)CCCCC/C=C\C/C=C\C/C=C\C/C=C\CCCCC. The molecule has 0 radical (unpaired) electrons. The van der Waals surface area contributed by atoms with Crippen molar-refractivity contribution in [2.24, 2.45) is 0 Å². The molecule has 0 heterocycles. The van der Waals surface area contributed by atoms with Crippen molar-refractivity contribution >= 4 is 17.9 Å². The second-order valence-corrected chi connectivity index (χ2v) is 17.4. The molecule has 0 bridgehead atoms. The second kappa shape index (κ2) is 54.4. The molecule has 378 valence electrons. The van der Waals surface area contributed by atoms with E-state index in [9.17, 15) is 14.4 Å². The molecule has 0 saturated heterocycles. The maximum atomic E-state index is 12.8. The van der Waals surface area contributed by atoms with Gasteiger partial charge in [0, 0.05) is 19.3 Å². The molecule has 0 saturated carbocycles. The van der Waals surface area contributed by atoms with Gasteiger partial charge in [-0.15, -0.1) is 0 Å². The van der Waals surface area contributed by atoms with Crippen molar-refractivity contribution in [2.45, 2.75) is 232 Å². The summed E-state index contributed by atoms with van der Waals surface area (Å²) in [6.45, 7) is 6.38. The first-order valence-corrected chi connectivity index (χ1v) is 27.0. The first kappa shape index (κ1) is 62.8. The van der Waals surface area contributed by atoms with Crippen molar-refractivity contribution in [3.63, 3.8) is 0 Å². The molecule has 6 nitrogen and oxygen atoms in total. The van der Waals surface area contributed by atoms with Gasteiger partial charge in [-0.05, 0) is 103 Å². The number of carbonyl (C=O) groups excluding carboxylic acids is 3. The van der Waals surface area contributed by atoms with Gasteiger partial charge < -0.3 is 14.2 Å². The van der Waals surface area contributed by atoms with Crippen LogP contribution in [0.4, 0.5) is 0 Å². The van der Waals surface area contributed by atoms with Crippen LogP contribution in [-0.4, -0.2) is 37.2 Å². The summed E-state index contributed by atoms with van der Waals surface area (Å²) >= 11 is 0. The van der Waals surface area contributed by atoms with Crippen LogP contribution < -0.4 is 0 Å². The molecular formula is C61H98O6. The molecule has 0 amide bonds. The quantitative estimate of drug-likeness (QED) is 0.0262. The predicted octanol–water partition coefficient (Wildman–Crippen LogP) is 18.1. The summed E-state index contributed by atoms with van der Waals surface area (Å²) in [7, 11) is 0. The van der Waals surface area contributed by atoms with Crippen LogP contribution in [0.2, 0.25) is 0 Å². The maximum absolute atomic E-state index is 12.8. The highest BCUT2D eigenvalue weighted by Crippen LogP contribution is 2.13. The summed E-state index contributed by atoms with van der Waals surface area (Å²) in [4.78, 5) is 38.0. The minimum Gasteiger partial charge on any atom is -0.462 e. The molecule has 0 fully saturated rings. The molecule has 0 spiro atoms. The van der Waals surface area contributed by atoms with Crippen LogP contribution in [0.25, 0.3) is 0 Å². The van der Waals surface area contributed by atoms with Gasteiger partial charge >= 0.3 is 17.9 Å². The normalized spacial score (nSPS) is 13.1. The highest BCUT2D eigenvalue weighted by atomic mass is 16.6. The zero-order chi connectivity index (χ0) is 48.6. The minimum atomic E-state index is -0.827. The van der Waals surface area contributed by atoms with Crippen molar-refractivity contribution in [3.8, 4) is 0 Å². The van der Waals surface area contributed by atoms with E-state index in [1.165, 1.54) is 77.0 Å². The Morgan fingerprint density at radius 2 is 0.612 bits per heavy atom. The summed E-state index contributed by atoms with van der Waals surface area (Å²) in [6.07, 6.45) is 74.8. The highest BCUT2D eigenvalue weighted by Gasteiger charge is 2.19. The number of hydrogen-bond acceptors (Lipinski definition) is 6. The summed E-state index contributed by atoms with van der Waals surface area (Å²) in [6, 6.07) is 0. The van der Waals surface area contributed by atoms with E-state index in [4.69, 9.17) is 14.2 Å². The number of carbonyl (C=O) groups is 3. The summed E-state index contributed by atoms with van der Waals surface area (Å²) in [5.41, 5.74) is 0. The molecule has 0 aliphatic rings.